The molecule has 0 fully saturated rings. The van der Waals surface area contributed by atoms with Crippen molar-refractivity contribution in [2.45, 2.75) is 26.4 Å². The van der Waals surface area contributed by atoms with E-state index in [1.807, 2.05) is 0 Å². The number of anilines is 1. The van der Waals surface area contributed by atoms with Crippen molar-refractivity contribution in [1.29, 1.82) is 0 Å². The van der Waals surface area contributed by atoms with Crippen LogP contribution in [0.4, 0.5) is 5.69 Å². The lowest BCUT2D eigenvalue weighted by Gasteiger charge is -2.25. The van der Waals surface area contributed by atoms with Crippen molar-refractivity contribution in [2.75, 3.05) is 17.1 Å². The van der Waals surface area contributed by atoms with Gasteiger partial charge in [0.25, 0.3) is 0 Å². The lowest BCUT2D eigenvalue weighted by Crippen LogP contribution is -2.38. The molecule has 1 rings (SSSR count). The predicted octanol–water partition coefficient (Wildman–Crippen LogP) is 1.79. The Morgan fingerprint density at radius 2 is 1.74 bits per heavy atom. The molecule has 0 bridgehead atoms. The molecule has 0 aliphatic rings. The highest BCUT2D eigenvalue weighted by Crippen LogP contribution is 2.17. The van der Waals surface area contributed by atoms with E-state index in [4.69, 9.17) is 4.74 Å². The van der Waals surface area contributed by atoms with Crippen LogP contribution in [0.1, 0.15) is 20.8 Å². The molecule has 5 nitrogen and oxygen atoms in total. The maximum Gasteiger partial charge on any atom is 0.327 e. The molecule has 0 aromatic heterocycles. The van der Waals surface area contributed by atoms with E-state index in [9.17, 15) is 13.2 Å². The highest BCUT2D eigenvalue weighted by Gasteiger charge is 2.24. The van der Waals surface area contributed by atoms with Crippen LogP contribution < -0.4 is 4.31 Å². The zero-order valence-corrected chi connectivity index (χ0v) is 12.4. The van der Waals surface area contributed by atoms with Gasteiger partial charge in [0.2, 0.25) is 10.0 Å². The first-order valence-corrected chi connectivity index (χ1v) is 7.69. The molecule has 0 atom stereocenters. The topological polar surface area (TPSA) is 63.7 Å². The monoisotopic (exact) mass is 285 g/mol. The average molecular weight is 285 g/mol. The second-order valence-corrected chi connectivity index (χ2v) is 7.10. The number of carbonyl (C=O) groups is 1. The quantitative estimate of drug-likeness (QED) is 0.791. The summed E-state index contributed by atoms with van der Waals surface area (Å²) in [6, 6.07) is 8.46. The van der Waals surface area contributed by atoms with Gasteiger partial charge in [0.05, 0.1) is 11.9 Å². The third-order valence-electron chi connectivity index (χ3n) is 2.14. The van der Waals surface area contributed by atoms with Crippen LogP contribution in [0, 0.1) is 0 Å². The first-order chi connectivity index (χ1) is 8.59. The van der Waals surface area contributed by atoms with Crippen LogP contribution in [0.15, 0.2) is 30.3 Å². The summed E-state index contributed by atoms with van der Waals surface area (Å²) in [5, 5.41) is 0. The van der Waals surface area contributed by atoms with E-state index < -0.39 is 21.6 Å². The van der Waals surface area contributed by atoms with Crippen molar-refractivity contribution >= 4 is 21.7 Å². The van der Waals surface area contributed by atoms with Crippen molar-refractivity contribution in [1.82, 2.24) is 0 Å². The molecule has 0 spiro atoms. The molecule has 19 heavy (non-hydrogen) atoms. The van der Waals surface area contributed by atoms with Crippen molar-refractivity contribution in [3.8, 4) is 0 Å². The van der Waals surface area contributed by atoms with Crippen LogP contribution in [0.5, 0.6) is 0 Å². The minimum atomic E-state index is -3.54. The fourth-order valence-corrected chi connectivity index (χ4v) is 2.33. The maximum atomic E-state index is 11.8. The van der Waals surface area contributed by atoms with Gasteiger partial charge in [-0.1, -0.05) is 18.2 Å². The number of sulfonamides is 1. The summed E-state index contributed by atoms with van der Waals surface area (Å²) in [6.07, 6.45) is 1.06. The number of benzene rings is 1. The molecule has 0 N–H and O–H groups in total. The number of rotatable bonds is 4. The highest BCUT2D eigenvalue weighted by molar-refractivity contribution is 7.92. The Hall–Kier alpha value is -1.56. The molecule has 0 unspecified atom stereocenters. The van der Waals surface area contributed by atoms with Crippen molar-refractivity contribution < 1.29 is 17.9 Å². The van der Waals surface area contributed by atoms with Crippen LogP contribution in [0.2, 0.25) is 0 Å². The Morgan fingerprint density at radius 3 is 2.16 bits per heavy atom. The predicted molar refractivity (Wildman–Crippen MR) is 74.5 cm³/mol. The molecule has 0 aliphatic carbocycles. The van der Waals surface area contributed by atoms with Gasteiger partial charge in [0.1, 0.15) is 12.1 Å². The Labute approximate surface area is 114 Å². The summed E-state index contributed by atoms with van der Waals surface area (Å²) >= 11 is 0. The van der Waals surface area contributed by atoms with E-state index in [0.29, 0.717) is 5.69 Å². The van der Waals surface area contributed by atoms with Gasteiger partial charge in [-0.05, 0) is 32.9 Å². The van der Waals surface area contributed by atoms with Gasteiger partial charge >= 0.3 is 5.97 Å². The second kappa shape index (κ2) is 5.61. The van der Waals surface area contributed by atoms with Crippen molar-refractivity contribution in [2.24, 2.45) is 0 Å². The lowest BCUT2D eigenvalue weighted by molar-refractivity contribution is -0.152. The summed E-state index contributed by atoms with van der Waals surface area (Å²) < 4.78 is 29.7. The van der Waals surface area contributed by atoms with Gasteiger partial charge < -0.3 is 4.74 Å². The van der Waals surface area contributed by atoms with Crippen LogP contribution in [0.3, 0.4) is 0 Å². The maximum absolute atomic E-state index is 11.8. The van der Waals surface area contributed by atoms with Gasteiger partial charge in [-0.15, -0.1) is 0 Å². The zero-order valence-electron chi connectivity index (χ0n) is 11.6. The van der Waals surface area contributed by atoms with E-state index in [2.05, 4.69) is 0 Å². The lowest BCUT2D eigenvalue weighted by atomic mass is 10.2. The van der Waals surface area contributed by atoms with Gasteiger partial charge in [0.15, 0.2) is 0 Å². The van der Waals surface area contributed by atoms with Crippen LogP contribution >= 0.6 is 0 Å². The molecule has 0 radical (unpaired) electrons. The molecule has 0 saturated heterocycles. The third kappa shape index (κ3) is 5.30. The number of nitrogens with zero attached hydrogens (tertiary/aromatic N) is 1. The van der Waals surface area contributed by atoms with E-state index in [-0.39, 0.29) is 6.54 Å². The van der Waals surface area contributed by atoms with E-state index in [1.165, 1.54) is 0 Å². The Bertz CT molecular complexity index is 532. The van der Waals surface area contributed by atoms with Crippen LogP contribution in [0.25, 0.3) is 0 Å². The largest absolute Gasteiger partial charge is 0.459 e. The third-order valence-corrected chi connectivity index (χ3v) is 3.28. The van der Waals surface area contributed by atoms with Crippen LogP contribution in [-0.4, -0.2) is 32.8 Å². The highest BCUT2D eigenvalue weighted by atomic mass is 32.2. The fourth-order valence-electron chi connectivity index (χ4n) is 1.49. The number of esters is 1. The Balaban J connectivity index is 2.93. The molecule has 106 valence electrons. The first-order valence-electron chi connectivity index (χ1n) is 5.84. The summed E-state index contributed by atoms with van der Waals surface area (Å²) in [6.45, 7) is 4.87. The molecule has 0 saturated carbocycles. The molecule has 0 aliphatic heterocycles. The summed E-state index contributed by atoms with van der Waals surface area (Å²) in [5.41, 5.74) is -0.201. The molecule has 6 heteroatoms. The van der Waals surface area contributed by atoms with Crippen molar-refractivity contribution in [3.63, 3.8) is 0 Å². The van der Waals surface area contributed by atoms with Gasteiger partial charge in [0, 0.05) is 0 Å². The zero-order chi connectivity index (χ0) is 14.7. The normalized spacial score (nSPS) is 12.0. The number of carbonyl (C=O) groups excluding carboxylic acids is 1. The number of ether oxygens (including phenoxy) is 1. The van der Waals surface area contributed by atoms with Crippen molar-refractivity contribution in [3.05, 3.63) is 30.3 Å². The minimum absolute atomic E-state index is 0.333. The minimum Gasteiger partial charge on any atom is -0.459 e. The molecule has 0 heterocycles. The van der Waals surface area contributed by atoms with E-state index >= 15 is 0 Å². The standard InChI is InChI=1S/C13H19NO4S/c1-13(2,3)18-12(15)10-14(19(4,16)17)11-8-6-5-7-9-11/h5-9H,10H2,1-4H3. The number of para-hydroxylation sites is 1. The Morgan fingerprint density at radius 1 is 1.21 bits per heavy atom. The fraction of sp³-hybridized carbons (Fsp3) is 0.462. The molecule has 0 amide bonds. The Kier molecular flexibility index (Phi) is 4.57. The van der Waals surface area contributed by atoms with E-state index in [1.54, 1.807) is 51.1 Å². The average Bonchev–Trinajstić information content (AvgIpc) is 2.23. The van der Waals surface area contributed by atoms with Gasteiger partial charge in [-0.25, -0.2) is 8.42 Å². The summed E-state index contributed by atoms with van der Waals surface area (Å²) in [5.74, 6) is -0.582. The van der Waals surface area contributed by atoms with Gasteiger partial charge in [-0.2, -0.15) is 0 Å². The summed E-state index contributed by atoms with van der Waals surface area (Å²) in [4.78, 5) is 11.8. The molecular weight excluding hydrogens is 266 g/mol. The number of hydrogen-bond donors (Lipinski definition) is 0. The molecule has 1 aromatic rings. The molecular formula is C13H19NO4S. The second-order valence-electron chi connectivity index (χ2n) is 5.19. The van der Waals surface area contributed by atoms with E-state index in [0.717, 1.165) is 10.6 Å². The first kappa shape index (κ1) is 15.5. The van der Waals surface area contributed by atoms with Gasteiger partial charge in [-0.3, -0.25) is 9.10 Å². The molecule has 1 aromatic carbocycles. The smallest absolute Gasteiger partial charge is 0.327 e. The number of hydrogen-bond acceptors (Lipinski definition) is 4. The SMILES string of the molecule is CC(C)(C)OC(=O)CN(c1ccccc1)S(C)(=O)=O. The summed E-state index contributed by atoms with van der Waals surface area (Å²) in [7, 11) is -3.54. The van der Waals surface area contributed by atoms with Crippen LogP contribution in [-0.2, 0) is 19.6 Å².